The third-order valence-corrected chi connectivity index (χ3v) is 5.72. The Hall–Kier alpha value is -2.06. The Kier molecular flexibility index (Phi) is 8.59. The summed E-state index contributed by atoms with van der Waals surface area (Å²) in [4.78, 5) is 4.29. The highest BCUT2D eigenvalue weighted by molar-refractivity contribution is 7.80. The zero-order chi connectivity index (χ0) is 23.3. The van der Waals surface area contributed by atoms with Crippen LogP contribution in [0.2, 0.25) is 20.1 Å². The van der Waals surface area contributed by atoms with Crippen molar-refractivity contribution in [2.75, 3.05) is 4.72 Å². The summed E-state index contributed by atoms with van der Waals surface area (Å²) in [6.07, 6.45) is 1.56. The highest BCUT2D eigenvalue weighted by Crippen LogP contribution is 2.39. The van der Waals surface area contributed by atoms with E-state index in [0.717, 1.165) is 21.5 Å². The number of hydrogen-bond donors (Lipinski definition) is 1. The number of nitrogens with zero attached hydrogens (tertiary/aromatic N) is 1. The standard InChI is InChI=1S/C15H10Cl2N2O3S.C7H6Cl2/c16-12-6-10(19-23(20)21)7-13(17)15(12)22-11-5-9-3-1-2-4-14(9)18-8-11;1-5-2-3-6(8)4-7(5)9/h1-8,19H,(H,20,21);2-4H,1H3/p-1. The van der Waals surface area contributed by atoms with Crippen LogP contribution >= 0.6 is 46.4 Å². The van der Waals surface area contributed by atoms with Crippen LogP contribution in [0, 0.1) is 6.92 Å². The van der Waals surface area contributed by atoms with Gasteiger partial charge in [-0.1, -0.05) is 70.7 Å². The maximum absolute atomic E-state index is 10.7. The Balaban J connectivity index is 0.000000269. The van der Waals surface area contributed by atoms with Gasteiger partial charge in [-0.3, -0.25) is 9.19 Å². The molecule has 1 aromatic heterocycles. The van der Waals surface area contributed by atoms with Crippen molar-refractivity contribution in [3.8, 4) is 11.5 Å². The van der Waals surface area contributed by atoms with Gasteiger partial charge in [0.1, 0.15) is 5.75 Å². The van der Waals surface area contributed by atoms with Crippen molar-refractivity contribution in [2.45, 2.75) is 6.92 Å². The minimum Gasteiger partial charge on any atom is -0.755 e. The Labute approximate surface area is 207 Å². The summed E-state index contributed by atoms with van der Waals surface area (Å²) < 4.78 is 29.2. The van der Waals surface area contributed by atoms with Gasteiger partial charge in [-0.15, -0.1) is 0 Å². The number of halogens is 4. The van der Waals surface area contributed by atoms with E-state index in [0.29, 0.717) is 10.8 Å². The molecular weight excluding hydrogens is 514 g/mol. The highest BCUT2D eigenvalue weighted by Gasteiger charge is 2.12. The minimum absolute atomic E-state index is 0.179. The molecule has 10 heteroatoms. The van der Waals surface area contributed by atoms with Crippen LogP contribution in [0.4, 0.5) is 5.69 Å². The smallest absolute Gasteiger partial charge is 0.164 e. The van der Waals surface area contributed by atoms with Gasteiger partial charge in [-0.05, 0) is 48.9 Å². The molecule has 3 aromatic carbocycles. The predicted molar refractivity (Wildman–Crippen MR) is 132 cm³/mol. The average Bonchev–Trinajstić information content (AvgIpc) is 2.73. The van der Waals surface area contributed by atoms with E-state index in [-0.39, 0.29) is 21.5 Å². The Morgan fingerprint density at radius 1 is 0.938 bits per heavy atom. The molecule has 166 valence electrons. The van der Waals surface area contributed by atoms with Gasteiger partial charge in [0.15, 0.2) is 5.75 Å². The minimum atomic E-state index is -2.46. The Morgan fingerprint density at radius 3 is 2.25 bits per heavy atom. The maximum atomic E-state index is 10.7. The van der Waals surface area contributed by atoms with Crippen molar-refractivity contribution in [3.05, 3.63) is 92.5 Å². The largest absolute Gasteiger partial charge is 0.755 e. The van der Waals surface area contributed by atoms with E-state index in [1.165, 1.54) is 12.1 Å². The predicted octanol–water partition coefficient (Wildman–Crippen LogP) is 7.84. The lowest BCUT2D eigenvalue weighted by molar-refractivity contribution is 0.482. The number of fused-ring (bicyclic) bond motifs is 1. The van der Waals surface area contributed by atoms with Gasteiger partial charge in [-0.25, -0.2) is 0 Å². The van der Waals surface area contributed by atoms with E-state index in [1.54, 1.807) is 12.3 Å². The summed E-state index contributed by atoms with van der Waals surface area (Å²) in [5, 5.41) is 2.68. The first kappa shape index (κ1) is 24.6. The number of anilines is 1. The summed E-state index contributed by atoms with van der Waals surface area (Å²) in [5.41, 5.74) is 2.15. The number of ether oxygens (including phenoxy) is 1. The number of benzene rings is 3. The summed E-state index contributed by atoms with van der Waals surface area (Å²) >= 11 is 21.1. The van der Waals surface area contributed by atoms with Gasteiger partial charge in [0.2, 0.25) is 0 Å². The molecule has 1 heterocycles. The number of aryl methyl sites for hydroxylation is 1. The molecule has 1 N–H and O–H groups in total. The van der Waals surface area contributed by atoms with E-state index < -0.39 is 11.3 Å². The number of rotatable bonds is 4. The quantitative estimate of drug-likeness (QED) is 0.274. The average molecular weight is 529 g/mol. The number of para-hydroxylation sites is 1. The molecule has 0 saturated carbocycles. The van der Waals surface area contributed by atoms with E-state index in [4.69, 9.17) is 51.1 Å². The molecule has 0 aliphatic heterocycles. The van der Waals surface area contributed by atoms with Gasteiger partial charge < -0.3 is 14.0 Å². The number of aromatic nitrogens is 1. The highest BCUT2D eigenvalue weighted by atomic mass is 35.5. The third-order valence-electron chi connectivity index (χ3n) is 4.12. The molecule has 0 spiro atoms. The van der Waals surface area contributed by atoms with Gasteiger partial charge in [0.25, 0.3) is 0 Å². The first-order valence-corrected chi connectivity index (χ1v) is 11.6. The topological polar surface area (TPSA) is 74.3 Å². The number of nitrogens with one attached hydrogen (secondary N) is 1. The summed E-state index contributed by atoms with van der Waals surface area (Å²) in [6, 6.07) is 17.7. The number of pyridine rings is 1. The fourth-order valence-electron chi connectivity index (χ4n) is 2.60. The summed E-state index contributed by atoms with van der Waals surface area (Å²) in [5.74, 6) is 0.702. The molecule has 4 rings (SSSR count). The van der Waals surface area contributed by atoms with Crippen molar-refractivity contribution in [3.63, 3.8) is 0 Å². The van der Waals surface area contributed by atoms with Crippen molar-refractivity contribution in [1.29, 1.82) is 0 Å². The molecule has 0 radical (unpaired) electrons. The zero-order valence-electron chi connectivity index (χ0n) is 16.4. The molecule has 4 aromatic rings. The second kappa shape index (κ2) is 11.2. The van der Waals surface area contributed by atoms with Crippen LogP contribution in [-0.2, 0) is 11.3 Å². The van der Waals surface area contributed by atoms with Crippen molar-refractivity contribution < 1.29 is 13.5 Å². The van der Waals surface area contributed by atoms with Crippen LogP contribution in [0.5, 0.6) is 11.5 Å². The van der Waals surface area contributed by atoms with Crippen LogP contribution in [0.25, 0.3) is 10.9 Å². The first-order chi connectivity index (χ1) is 15.2. The summed E-state index contributed by atoms with van der Waals surface area (Å²) in [7, 11) is 0. The first-order valence-electron chi connectivity index (χ1n) is 9.02. The maximum Gasteiger partial charge on any atom is 0.164 e. The summed E-state index contributed by atoms with van der Waals surface area (Å²) in [6.45, 7) is 1.94. The van der Waals surface area contributed by atoms with E-state index in [1.807, 2.05) is 49.4 Å². The third kappa shape index (κ3) is 6.72. The Morgan fingerprint density at radius 2 is 1.62 bits per heavy atom. The molecule has 0 saturated heterocycles. The van der Waals surface area contributed by atoms with Crippen LogP contribution in [0.15, 0.2) is 66.9 Å². The second-order valence-corrected chi connectivity index (χ2v) is 8.80. The van der Waals surface area contributed by atoms with Gasteiger partial charge in [0, 0.05) is 32.4 Å². The SMILES string of the molecule is Cc1ccc(Cl)cc1Cl.O=S([O-])Nc1cc(Cl)c(Oc2cnc3ccccc3c2)c(Cl)c1. The van der Waals surface area contributed by atoms with E-state index >= 15 is 0 Å². The molecular formula is C22H15Cl4N2O3S-. The van der Waals surface area contributed by atoms with E-state index in [2.05, 4.69) is 9.71 Å². The molecule has 32 heavy (non-hydrogen) atoms. The fourth-order valence-corrected chi connectivity index (χ4v) is 3.89. The monoisotopic (exact) mass is 527 g/mol. The zero-order valence-corrected chi connectivity index (χ0v) is 20.3. The molecule has 1 atom stereocenters. The lowest BCUT2D eigenvalue weighted by atomic mass is 10.2. The molecule has 0 fully saturated rings. The lowest BCUT2D eigenvalue weighted by Gasteiger charge is -2.13. The molecule has 0 amide bonds. The normalized spacial score (nSPS) is 11.4. The van der Waals surface area contributed by atoms with Crippen LogP contribution in [0.3, 0.4) is 0 Å². The van der Waals surface area contributed by atoms with E-state index in [9.17, 15) is 8.76 Å². The van der Waals surface area contributed by atoms with Gasteiger partial charge in [0.05, 0.1) is 21.8 Å². The molecule has 0 aliphatic carbocycles. The van der Waals surface area contributed by atoms with Gasteiger partial charge in [-0.2, -0.15) is 0 Å². The Bertz CT molecular complexity index is 1260. The molecule has 1 unspecified atom stereocenters. The van der Waals surface area contributed by atoms with Crippen molar-refractivity contribution in [1.82, 2.24) is 4.98 Å². The van der Waals surface area contributed by atoms with Crippen LogP contribution < -0.4 is 9.46 Å². The van der Waals surface area contributed by atoms with Crippen LogP contribution in [0.1, 0.15) is 5.56 Å². The van der Waals surface area contributed by atoms with Crippen molar-refractivity contribution in [2.24, 2.45) is 0 Å². The van der Waals surface area contributed by atoms with Gasteiger partial charge >= 0.3 is 0 Å². The second-order valence-electron chi connectivity index (χ2n) is 6.47. The lowest BCUT2D eigenvalue weighted by Crippen LogP contribution is -2.02. The van der Waals surface area contributed by atoms with Crippen molar-refractivity contribution >= 4 is 74.3 Å². The van der Waals surface area contributed by atoms with Crippen LogP contribution in [-0.4, -0.2) is 13.7 Å². The fraction of sp³-hybridized carbons (Fsp3) is 0.0455. The molecule has 5 nitrogen and oxygen atoms in total. The number of hydrogen-bond acceptors (Lipinski definition) is 4. The molecule has 0 aliphatic rings. The molecule has 0 bridgehead atoms.